The van der Waals surface area contributed by atoms with Gasteiger partial charge in [-0.2, -0.15) is 9.29 Å². The van der Waals surface area contributed by atoms with E-state index in [-0.39, 0.29) is 4.90 Å². The maximum atomic E-state index is 12.9. The Bertz CT molecular complexity index is 1430. The second kappa shape index (κ2) is 8.74. The molecule has 4 aromatic rings. The van der Waals surface area contributed by atoms with Crippen LogP contribution in [0.5, 0.6) is 11.6 Å². The Morgan fingerprint density at radius 1 is 0.971 bits per heavy atom. The summed E-state index contributed by atoms with van der Waals surface area (Å²) >= 11 is 1.59. The molecule has 1 saturated heterocycles. The largest absolute Gasteiger partial charge is 0.438 e. The molecule has 7 nitrogen and oxygen atoms in total. The molecule has 0 radical (unpaired) electrons. The number of hydrogen-bond donors (Lipinski definition) is 0. The van der Waals surface area contributed by atoms with Crippen molar-refractivity contribution in [2.24, 2.45) is 0 Å². The molecule has 0 bridgehead atoms. The monoisotopic (exact) mass is 493 g/mol. The zero-order chi connectivity index (χ0) is 23.1. The number of fused-ring (bicyclic) bond motifs is 1. The summed E-state index contributed by atoms with van der Waals surface area (Å²) in [5.41, 5.74) is 2.11. The molecule has 0 atom stereocenters. The van der Waals surface area contributed by atoms with Gasteiger partial charge in [0.1, 0.15) is 16.4 Å². The number of aromatic nitrogens is 2. The van der Waals surface area contributed by atoms with Crippen molar-refractivity contribution in [3.63, 3.8) is 0 Å². The lowest BCUT2D eigenvalue weighted by Crippen LogP contribution is -2.40. The van der Waals surface area contributed by atoms with Gasteiger partial charge in [0.2, 0.25) is 15.9 Å². The van der Waals surface area contributed by atoms with Crippen LogP contribution >= 0.6 is 11.3 Å². The zero-order valence-corrected chi connectivity index (χ0v) is 20.0. The van der Waals surface area contributed by atoms with E-state index in [9.17, 15) is 8.42 Å². The lowest BCUT2D eigenvalue weighted by atomic mass is 10.1. The Labute approximate surface area is 202 Å². The summed E-state index contributed by atoms with van der Waals surface area (Å²) in [5, 5.41) is 2.97. The van der Waals surface area contributed by atoms with Crippen molar-refractivity contribution in [2.75, 3.05) is 26.3 Å². The van der Waals surface area contributed by atoms with E-state index in [2.05, 4.69) is 17.5 Å². The predicted molar refractivity (Wildman–Crippen MR) is 131 cm³/mol. The summed E-state index contributed by atoms with van der Waals surface area (Å²) < 4.78 is 38.9. The summed E-state index contributed by atoms with van der Waals surface area (Å²) in [6, 6.07) is 16.7. The number of benzene rings is 2. The van der Waals surface area contributed by atoms with Crippen molar-refractivity contribution in [3.8, 4) is 22.8 Å². The van der Waals surface area contributed by atoms with E-state index in [0.717, 1.165) is 40.0 Å². The second-order valence-corrected chi connectivity index (χ2v) is 11.2. The quantitative estimate of drug-likeness (QED) is 0.374. The Kier molecular flexibility index (Phi) is 5.57. The van der Waals surface area contributed by atoms with E-state index in [0.29, 0.717) is 43.9 Å². The van der Waals surface area contributed by atoms with Crippen molar-refractivity contribution in [3.05, 3.63) is 65.8 Å². The number of sulfonamides is 1. The average molecular weight is 494 g/mol. The maximum absolute atomic E-state index is 12.9. The van der Waals surface area contributed by atoms with E-state index in [1.165, 1.54) is 4.31 Å². The Morgan fingerprint density at radius 3 is 2.41 bits per heavy atom. The van der Waals surface area contributed by atoms with Crippen LogP contribution in [0.15, 0.2) is 64.9 Å². The molecule has 2 aromatic heterocycles. The average Bonchev–Trinajstić information content (AvgIpc) is 3.64. The first-order chi connectivity index (χ1) is 16.6. The third-order valence-corrected chi connectivity index (χ3v) is 8.88. The molecule has 6 rings (SSSR count). The van der Waals surface area contributed by atoms with E-state index in [4.69, 9.17) is 19.4 Å². The molecule has 174 valence electrons. The molecule has 1 aliphatic heterocycles. The molecule has 0 amide bonds. The van der Waals surface area contributed by atoms with Crippen molar-refractivity contribution < 1.29 is 17.9 Å². The molecule has 34 heavy (non-hydrogen) atoms. The third-order valence-electron chi connectivity index (χ3n) is 6.09. The zero-order valence-electron chi connectivity index (χ0n) is 18.4. The minimum atomic E-state index is -3.56. The van der Waals surface area contributed by atoms with Gasteiger partial charge in [0.25, 0.3) is 0 Å². The lowest BCUT2D eigenvalue weighted by Gasteiger charge is -2.26. The summed E-state index contributed by atoms with van der Waals surface area (Å²) in [4.78, 5) is 10.8. The highest BCUT2D eigenvalue weighted by Crippen LogP contribution is 2.44. The molecular weight excluding hydrogens is 470 g/mol. The summed E-state index contributed by atoms with van der Waals surface area (Å²) in [5.74, 6) is 2.24. The van der Waals surface area contributed by atoms with Gasteiger partial charge >= 0.3 is 0 Å². The minimum absolute atomic E-state index is 0.244. The topological polar surface area (TPSA) is 81.6 Å². The van der Waals surface area contributed by atoms with E-state index >= 15 is 0 Å². The fourth-order valence-electron chi connectivity index (χ4n) is 4.08. The van der Waals surface area contributed by atoms with Crippen LogP contribution in [-0.4, -0.2) is 49.0 Å². The number of nitrogens with zero attached hydrogens (tertiary/aromatic N) is 3. The van der Waals surface area contributed by atoms with Crippen LogP contribution in [0.2, 0.25) is 0 Å². The smallest absolute Gasteiger partial charge is 0.243 e. The van der Waals surface area contributed by atoms with Crippen molar-refractivity contribution in [2.45, 2.75) is 23.7 Å². The molecule has 2 fully saturated rings. The number of morpholine rings is 1. The molecule has 1 aliphatic carbocycles. The van der Waals surface area contributed by atoms with Crippen molar-refractivity contribution in [1.29, 1.82) is 0 Å². The highest BCUT2D eigenvalue weighted by molar-refractivity contribution is 7.89. The van der Waals surface area contributed by atoms with Crippen LogP contribution in [-0.2, 0) is 14.8 Å². The molecule has 0 N–H and O–H groups in total. The van der Waals surface area contributed by atoms with Gasteiger partial charge in [-0.3, -0.25) is 0 Å². The van der Waals surface area contributed by atoms with Crippen LogP contribution in [0.4, 0.5) is 0 Å². The Balaban J connectivity index is 1.36. The van der Waals surface area contributed by atoms with Crippen LogP contribution in [0.1, 0.15) is 24.6 Å². The molecule has 3 heterocycles. The molecule has 0 spiro atoms. The first-order valence-electron chi connectivity index (χ1n) is 11.3. The lowest BCUT2D eigenvalue weighted by molar-refractivity contribution is 0.0730. The molecule has 2 aliphatic rings. The van der Waals surface area contributed by atoms with Gasteiger partial charge in [-0.05, 0) is 42.7 Å². The predicted octanol–water partition coefficient (Wildman–Crippen LogP) is 5.05. The minimum Gasteiger partial charge on any atom is -0.438 e. The highest BCUT2D eigenvalue weighted by Gasteiger charge is 2.29. The maximum Gasteiger partial charge on any atom is 0.243 e. The van der Waals surface area contributed by atoms with Gasteiger partial charge in [-0.25, -0.2) is 13.4 Å². The van der Waals surface area contributed by atoms with Crippen LogP contribution in [0, 0.1) is 0 Å². The molecule has 0 unspecified atom stereocenters. The van der Waals surface area contributed by atoms with Crippen LogP contribution in [0.3, 0.4) is 0 Å². The molecule has 1 saturated carbocycles. The standard InChI is InChI=1S/C25H23N3O4S2/c29-34(30,28-12-14-31-15-13-28)20-10-8-19(9-11-20)32-24-22-21(17-4-2-1-3-5-17)16-33-25(22)27-23(26-24)18-6-7-18/h1-5,8-11,16,18H,6-7,12-15H2. The normalized spacial score (nSPS) is 17.2. The van der Waals surface area contributed by atoms with Gasteiger partial charge in [-0.15, -0.1) is 11.3 Å². The Morgan fingerprint density at radius 2 is 1.71 bits per heavy atom. The summed E-state index contributed by atoms with van der Waals surface area (Å²) in [7, 11) is -3.56. The molecule has 9 heteroatoms. The van der Waals surface area contributed by atoms with Crippen LogP contribution < -0.4 is 4.74 Å². The van der Waals surface area contributed by atoms with Crippen molar-refractivity contribution in [1.82, 2.24) is 14.3 Å². The van der Waals surface area contributed by atoms with Gasteiger partial charge in [-0.1, -0.05) is 30.3 Å². The van der Waals surface area contributed by atoms with Gasteiger partial charge < -0.3 is 9.47 Å². The Hall–Kier alpha value is -2.85. The number of hydrogen-bond acceptors (Lipinski definition) is 7. The molecular formula is C25H23N3O4S2. The SMILES string of the molecule is O=S(=O)(c1ccc(Oc2nc(C3CC3)nc3scc(-c4ccccc4)c23)cc1)N1CCOCC1. The fourth-order valence-corrected chi connectivity index (χ4v) is 6.43. The number of thiophene rings is 1. The molecule has 2 aromatic carbocycles. The van der Waals surface area contributed by atoms with Crippen molar-refractivity contribution >= 4 is 31.6 Å². The van der Waals surface area contributed by atoms with E-state index in [1.54, 1.807) is 35.6 Å². The summed E-state index contributed by atoms with van der Waals surface area (Å²) in [6.45, 7) is 1.56. The third kappa shape index (κ3) is 4.09. The first-order valence-corrected chi connectivity index (χ1v) is 13.6. The van der Waals surface area contributed by atoms with Gasteiger partial charge in [0.05, 0.1) is 23.5 Å². The summed E-state index contributed by atoms with van der Waals surface area (Å²) in [6.07, 6.45) is 2.19. The number of rotatable bonds is 6. The number of ether oxygens (including phenoxy) is 2. The fraction of sp³-hybridized carbons (Fsp3) is 0.280. The second-order valence-electron chi connectivity index (χ2n) is 8.45. The van der Waals surface area contributed by atoms with Crippen LogP contribution in [0.25, 0.3) is 21.3 Å². The van der Waals surface area contributed by atoms with E-state index < -0.39 is 10.0 Å². The van der Waals surface area contributed by atoms with Gasteiger partial charge in [0, 0.05) is 30.0 Å². The van der Waals surface area contributed by atoms with E-state index in [1.807, 2.05) is 18.2 Å². The first kappa shape index (κ1) is 21.7. The highest BCUT2D eigenvalue weighted by atomic mass is 32.2. The van der Waals surface area contributed by atoms with Gasteiger partial charge in [0.15, 0.2) is 0 Å².